The summed E-state index contributed by atoms with van der Waals surface area (Å²) in [5.74, 6) is 1.29. The van der Waals surface area contributed by atoms with Crippen LogP contribution >= 0.6 is 0 Å². The average molecular weight is 333 g/mol. The van der Waals surface area contributed by atoms with E-state index in [-0.39, 0.29) is 12.6 Å². The van der Waals surface area contributed by atoms with Crippen molar-refractivity contribution in [2.24, 2.45) is 11.3 Å². The summed E-state index contributed by atoms with van der Waals surface area (Å²) in [4.78, 5) is 0. The Morgan fingerprint density at radius 3 is 3.04 bits per heavy atom. The van der Waals surface area contributed by atoms with E-state index in [0.717, 1.165) is 36.4 Å². The van der Waals surface area contributed by atoms with Gasteiger partial charge in [-0.05, 0) is 49.9 Å². The van der Waals surface area contributed by atoms with Gasteiger partial charge in [0.25, 0.3) is 0 Å². The van der Waals surface area contributed by atoms with E-state index < -0.39 is 0 Å². The molecule has 1 aromatic carbocycles. The first-order valence-corrected chi connectivity index (χ1v) is 9.15. The predicted molar refractivity (Wildman–Crippen MR) is 86.3 cm³/mol. The van der Waals surface area contributed by atoms with Crippen LogP contribution in [0.25, 0.3) is 0 Å². The molecule has 130 valence electrons. The highest BCUT2D eigenvalue weighted by Crippen LogP contribution is 2.62. The van der Waals surface area contributed by atoms with E-state index in [2.05, 4.69) is 5.32 Å². The maximum atomic E-state index is 13.8. The lowest BCUT2D eigenvalue weighted by Crippen LogP contribution is -2.71. The molecule has 4 nitrogen and oxygen atoms in total. The average Bonchev–Trinajstić information content (AvgIpc) is 2.94. The number of fused-ring (bicyclic) bond motifs is 3. The van der Waals surface area contributed by atoms with Crippen molar-refractivity contribution in [3.05, 3.63) is 29.1 Å². The monoisotopic (exact) mass is 333 g/mol. The molecule has 1 aromatic rings. The maximum absolute atomic E-state index is 13.8. The fourth-order valence-corrected chi connectivity index (χ4v) is 5.36. The highest BCUT2D eigenvalue weighted by atomic mass is 19.1. The third kappa shape index (κ3) is 2.14. The van der Waals surface area contributed by atoms with E-state index in [4.69, 9.17) is 14.2 Å². The zero-order valence-electron chi connectivity index (χ0n) is 13.9. The molecule has 24 heavy (non-hydrogen) atoms. The molecule has 2 aliphatic heterocycles. The third-order valence-corrected chi connectivity index (χ3v) is 6.55. The van der Waals surface area contributed by atoms with Crippen molar-refractivity contribution < 1.29 is 18.6 Å². The second-order valence-electron chi connectivity index (χ2n) is 7.68. The quantitative estimate of drug-likeness (QED) is 0.920. The molecule has 2 heterocycles. The summed E-state index contributed by atoms with van der Waals surface area (Å²) < 4.78 is 30.7. The van der Waals surface area contributed by atoms with Crippen molar-refractivity contribution >= 4 is 0 Å². The largest absolute Gasteiger partial charge is 0.467 e. The zero-order valence-corrected chi connectivity index (χ0v) is 13.9. The van der Waals surface area contributed by atoms with Gasteiger partial charge in [0.05, 0.1) is 12.7 Å². The van der Waals surface area contributed by atoms with E-state index >= 15 is 0 Å². The van der Waals surface area contributed by atoms with Crippen LogP contribution in [0.1, 0.15) is 36.8 Å². The van der Waals surface area contributed by atoms with Crippen LogP contribution in [0.15, 0.2) is 12.1 Å². The van der Waals surface area contributed by atoms with Crippen LogP contribution in [0.4, 0.5) is 4.39 Å². The summed E-state index contributed by atoms with van der Waals surface area (Å²) in [6.07, 6.45) is 6.37. The second kappa shape index (κ2) is 5.68. The van der Waals surface area contributed by atoms with Crippen LogP contribution in [0.5, 0.6) is 5.75 Å². The molecule has 2 saturated carbocycles. The Hall–Kier alpha value is -1.17. The fraction of sp³-hybridized carbons (Fsp3) is 0.684. The van der Waals surface area contributed by atoms with Gasteiger partial charge in [0.1, 0.15) is 11.6 Å². The molecule has 3 atom stereocenters. The summed E-state index contributed by atoms with van der Waals surface area (Å²) >= 11 is 0. The Morgan fingerprint density at radius 2 is 2.21 bits per heavy atom. The van der Waals surface area contributed by atoms with E-state index in [1.54, 1.807) is 6.07 Å². The Kier molecular flexibility index (Phi) is 3.58. The van der Waals surface area contributed by atoms with Gasteiger partial charge in [0.15, 0.2) is 6.79 Å². The summed E-state index contributed by atoms with van der Waals surface area (Å²) in [5, 5.41) is 3.77. The van der Waals surface area contributed by atoms with Gasteiger partial charge < -0.3 is 19.5 Å². The van der Waals surface area contributed by atoms with Crippen molar-refractivity contribution in [1.29, 1.82) is 0 Å². The molecule has 1 saturated heterocycles. The summed E-state index contributed by atoms with van der Waals surface area (Å²) in [6, 6.07) is 3.70. The van der Waals surface area contributed by atoms with Crippen LogP contribution in [0.3, 0.4) is 0 Å². The molecule has 0 unspecified atom stereocenters. The Labute approximate surface area is 141 Å². The molecule has 1 N–H and O–H groups in total. The number of rotatable bonds is 4. The standard InChI is InChI=1S/C19H24FNO3/c20-14-8-12(16-13(9-14)10-22-11-24-16)2-6-21-17-15-3-7-23-18(15)19(17)4-1-5-19/h8-9,15,17-18,21H,1-7,10-11H2/t15-,17-,18-/m1/s1. The number of ether oxygens (including phenoxy) is 3. The lowest BCUT2D eigenvalue weighted by atomic mass is 9.46. The molecular weight excluding hydrogens is 309 g/mol. The van der Waals surface area contributed by atoms with Gasteiger partial charge in [-0.2, -0.15) is 0 Å². The van der Waals surface area contributed by atoms with E-state index in [9.17, 15) is 4.39 Å². The summed E-state index contributed by atoms with van der Waals surface area (Å²) in [5.41, 5.74) is 2.16. The van der Waals surface area contributed by atoms with Crippen molar-refractivity contribution in [3.63, 3.8) is 0 Å². The van der Waals surface area contributed by atoms with Gasteiger partial charge in [0.2, 0.25) is 0 Å². The Balaban J connectivity index is 1.26. The molecule has 5 heteroatoms. The molecular formula is C19H24FNO3. The molecule has 0 aromatic heterocycles. The minimum Gasteiger partial charge on any atom is -0.467 e. The van der Waals surface area contributed by atoms with Crippen molar-refractivity contribution in [1.82, 2.24) is 5.32 Å². The van der Waals surface area contributed by atoms with E-state index in [0.29, 0.717) is 30.1 Å². The van der Waals surface area contributed by atoms with Crippen LogP contribution < -0.4 is 10.1 Å². The van der Waals surface area contributed by atoms with Gasteiger partial charge >= 0.3 is 0 Å². The molecule has 4 aliphatic rings. The lowest BCUT2D eigenvalue weighted by molar-refractivity contribution is -0.175. The molecule has 2 aliphatic carbocycles. The predicted octanol–water partition coefficient (Wildman–Crippen LogP) is 2.78. The van der Waals surface area contributed by atoms with Crippen molar-refractivity contribution in [2.75, 3.05) is 19.9 Å². The first-order chi connectivity index (χ1) is 11.8. The number of hydrogen-bond acceptors (Lipinski definition) is 4. The van der Waals surface area contributed by atoms with Gasteiger partial charge in [-0.1, -0.05) is 6.42 Å². The van der Waals surface area contributed by atoms with E-state index in [1.807, 2.05) is 0 Å². The highest BCUT2D eigenvalue weighted by molar-refractivity contribution is 5.42. The number of halogens is 1. The minimum absolute atomic E-state index is 0.207. The first kappa shape index (κ1) is 15.1. The van der Waals surface area contributed by atoms with Crippen LogP contribution in [0, 0.1) is 17.2 Å². The van der Waals surface area contributed by atoms with Gasteiger partial charge in [-0.15, -0.1) is 0 Å². The fourth-order valence-electron chi connectivity index (χ4n) is 5.36. The number of benzene rings is 1. The summed E-state index contributed by atoms with van der Waals surface area (Å²) in [6.45, 7) is 2.46. The molecule has 5 rings (SSSR count). The van der Waals surface area contributed by atoms with Gasteiger partial charge in [0, 0.05) is 29.5 Å². The highest BCUT2D eigenvalue weighted by Gasteiger charge is 2.66. The normalized spacial score (nSPS) is 32.5. The maximum Gasteiger partial charge on any atom is 0.189 e. The first-order valence-electron chi connectivity index (χ1n) is 9.15. The van der Waals surface area contributed by atoms with E-state index in [1.165, 1.54) is 31.7 Å². The summed E-state index contributed by atoms with van der Waals surface area (Å²) in [7, 11) is 0. The van der Waals surface area contributed by atoms with Crippen molar-refractivity contribution in [3.8, 4) is 5.75 Å². The third-order valence-electron chi connectivity index (χ3n) is 6.55. The molecule has 0 radical (unpaired) electrons. The van der Waals surface area contributed by atoms with Crippen LogP contribution in [0.2, 0.25) is 0 Å². The van der Waals surface area contributed by atoms with Gasteiger partial charge in [-0.3, -0.25) is 0 Å². The number of nitrogens with one attached hydrogen (secondary N) is 1. The Morgan fingerprint density at radius 1 is 1.29 bits per heavy atom. The zero-order chi connectivity index (χ0) is 16.1. The minimum atomic E-state index is -0.207. The second-order valence-corrected chi connectivity index (χ2v) is 7.68. The molecule has 1 spiro atoms. The molecule has 0 amide bonds. The van der Waals surface area contributed by atoms with Crippen LogP contribution in [-0.4, -0.2) is 32.1 Å². The van der Waals surface area contributed by atoms with Gasteiger partial charge in [-0.25, -0.2) is 4.39 Å². The lowest BCUT2D eigenvalue weighted by Gasteiger charge is -2.63. The molecule has 0 bridgehead atoms. The topological polar surface area (TPSA) is 39.7 Å². The van der Waals surface area contributed by atoms with Crippen molar-refractivity contribution in [2.45, 2.75) is 50.9 Å². The smallest absolute Gasteiger partial charge is 0.189 e. The number of hydrogen-bond donors (Lipinski definition) is 1. The SMILES string of the molecule is Fc1cc(CCN[C@@H]2[C@H]3CCO[C@H]3C23CCC3)c2c(c1)COCO2. The molecule has 3 fully saturated rings. The van der Waals surface area contributed by atoms with Crippen LogP contribution in [-0.2, 0) is 22.5 Å². The Bertz CT molecular complexity index is 646.